The second kappa shape index (κ2) is 5.24. The summed E-state index contributed by atoms with van der Waals surface area (Å²) in [4.78, 5) is 9.34. The molecule has 3 nitrogen and oxygen atoms in total. The largest absolute Gasteiger partial charge is 0.359 e. The molecule has 96 valence electrons. The minimum atomic E-state index is 0.648. The average Bonchev–Trinajstić information content (AvgIpc) is 3.01. The van der Waals surface area contributed by atoms with Crippen LogP contribution >= 0.6 is 11.3 Å². The maximum absolute atomic E-state index is 4.68. The molecule has 0 radical (unpaired) electrons. The lowest BCUT2D eigenvalue weighted by molar-refractivity contribution is 0.400. The normalized spacial score (nSPS) is 20.2. The summed E-state index contributed by atoms with van der Waals surface area (Å²) in [6.45, 7) is 3.30. The molecule has 0 saturated carbocycles. The number of hydrogen-bond acceptors (Lipinski definition) is 3. The van der Waals surface area contributed by atoms with Crippen molar-refractivity contribution in [2.45, 2.75) is 38.6 Å². The maximum Gasteiger partial charge on any atom is 0.140 e. The molecule has 1 fully saturated rings. The first-order chi connectivity index (χ1) is 8.83. The van der Waals surface area contributed by atoms with Crippen molar-refractivity contribution in [3.63, 3.8) is 0 Å². The molecule has 2 aromatic rings. The molecule has 2 N–H and O–H groups in total. The third-order valence-electron chi connectivity index (χ3n) is 3.57. The van der Waals surface area contributed by atoms with Gasteiger partial charge in [-0.2, -0.15) is 0 Å². The zero-order chi connectivity index (χ0) is 12.4. The number of rotatable bonds is 3. The molecule has 1 aliphatic heterocycles. The fourth-order valence-electron chi connectivity index (χ4n) is 2.52. The quantitative estimate of drug-likeness (QED) is 0.891. The van der Waals surface area contributed by atoms with Crippen LogP contribution in [0.4, 0.5) is 0 Å². The first-order valence-electron chi connectivity index (χ1n) is 6.66. The van der Waals surface area contributed by atoms with Crippen LogP contribution in [0.1, 0.15) is 29.8 Å². The molecule has 3 heterocycles. The van der Waals surface area contributed by atoms with Crippen LogP contribution in [-0.4, -0.2) is 22.6 Å². The summed E-state index contributed by atoms with van der Waals surface area (Å²) in [5.41, 5.74) is 2.32. The molecule has 3 rings (SSSR count). The van der Waals surface area contributed by atoms with E-state index >= 15 is 0 Å². The van der Waals surface area contributed by atoms with E-state index in [9.17, 15) is 0 Å². The lowest BCUT2D eigenvalue weighted by atomic mass is 10.0. The van der Waals surface area contributed by atoms with Gasteiger partial charge < -0.3 is 10.3 Å². The average molecular weight is 261 g/mol. The van der Waals surface area contributed by atoms with E-state index in [1.807, 2.05) is 23.6 Å². The number of piperidine rings is 1. The summed E-state index contributed by atoms with van der Waals surface area (Å²) in [5.74, 6) is 0. The summed E-state index contributed by atoms with van der Waals surface area (Å²) in [5, 5.41) is 4.72. The van der Waals surface area contributed by atoms with E-state index in [1.165, 1.54) is 36.4 Å². The lowest BCUT2D eigenvalue weighted by Crippen LogP contribution is -2.35. The molecular formula is C14H19N3S. The molecule has 2 aromatic heterocycles. The first kappa shape index (κ1) is 11.9. The molecule has 1 saturated heterocycles. The molecule has 0 bridgehead atoms. The van der Waals surface area contributed by atoms with Gasteiger partial charge in [-0.3, -0.25) is 0 Å². The third kappa shape index (κ3) is 2.49. The van der Waals surface area contributed by atoms with Crippen LogP contribution in [0.5, 0.6) is 0 Å². The van der Waals surface area contributed by atoms with Crippen molar-refractivity contribution in [2.24, 2.45) is 0 Å². The highest BCUT2D eigenvalue weighted by atomic mass is 32.1. The van der Waals surface area contributed by atoms with Gasteiger partial charge in [0.25, 0.3) is 0 Å². The van der Waals surface area contributed by atoms with Gasteiger partial charge in [-0.25, -0.2) is 4.98 Å². The Labute approximate surface area is 112 Å². The highest BCUT2D eigenvalue weighted by Crippen LogP contribution is 2.28. The Balaban J connectivity index is 1.76. The SMILES string of the molecule is Cc1nc(-c2ccc[nH]2)sc1CC1CCCCN1. The summed E-state index contributed by atoms with van der Waals surface area (Å²) in [6.07, 6.45) is 7.07. The Hall–Kier alpha value is -1.13. The summed E-state index contributed by atoms with van der Waals surface area (Å²) in [7, 11) is 0. The molecule has 18 heavy (non-hydrogen) atoms. The number of aromatic nitrogens is 2. The van der Waals surface area contributed by atoms with Gasteiger partial charge in [0.1, 0.15) is 5.01 Å². The number of thiazole rings is 1. The van der Waals surface area contributed by atoms with E-state index in [0.717, 1.165) is 17.1 Å². The Morgan fingerprint density at radius 3 is 3.11 bits per heavy atom. The number of nitrogens with one attached hydrogen (secondary N) is 2. The highest BCUT2D eigenvalue weighted by molar-refractivity contribution is 7.15. The van der Waals surface area contributed by atoms with E-state index in [0.29, 0.717) is 6.04 Å². The van der Waals surface area contributed by atoms with Crippen molar-refractivity contribution in [3.8, 4) is 10.7 Å². The van der Waals surface area contributed by atoms with Crippen molar-refractivity contribution in [3.05, 3.63) is 28.9 Å². The van der Waals surface area contributed by atoms with Crippen LogP contribution in [0, 0.1) is 6.92 Å². The van der Waals surface area contributed by atoms with Crippen molar-refractivity contribution >= 4 is 11.3 Å². The minimum Gasteiger partial charge on any atom is -0.359 e. The Morgan fingerprint density at radius 2 is 2.39 bits per heavy atom. The zero-order valence-corrected chi connectivity index (χ0v) is 11.5. The smallest absolute Gasteiger partial charge is 0.140 e. The number of aromatic amines is 1. The number of nitrogens with zero attached hydrogens (tertiary/aromatic N) is 1. The lowest BCUT2D eigenvalue weighted by Gasteiger charge is -2.22. The second-order valence-electron chi connectivity index (χ2n) is 4.96. The molecule has 1 atom stereocenters. The number of aryl methyl sites for hydroxylation is 1. The topological polar surface area (TPSA) is 40.7 Å². The van der Waals surface area contributed by atoms with Gasteiger partial charge in [-0.1, -0.05) is 6.42 Å². The zero-order valence-electron chi connectivity index (χ0n) is 10.7. The van der Waals surface area contributed by atoms with Crippen LogP contribution in [-0.2, 0) is 6.42 Å². The van der Waals surface area contributed by atoms with Gasteiger partial charge in [0.2, 0.25) is 0 Å². The maximum atomic E-state index is 4.68. The fourth-order valence-corrected chi connectivity index (χ4v) is 3.65. The molecule has 1 aliphatic rings. The van der Waals surface area contributed by atoms with Gasteiger partial charge >= 0.3 is 0 Å². The van der Waals surface area contributed by atoms with Crippen molar-refractivity contribution in [2.75, 3.05) is 6.54 Å². The standard InChI is InChI=1S/C14H19N3S/c1-10-13(9-11-5-2-3-7-15-11)18-14(17-10)12-6-4-8-16-12/h4,6,8,11,15-16H,2-3,5,7,9H2,1H3. The van der Waals surface area contributed by atoms with Crippen molar-refractivity contribution in [1.29, 1.82) is 0 Å². The molecule has 0 aliphatic carbocycles. The van der Waals surface area contributed by atoms with Gasteiger partial charge in [0.05, 0.1) is 11.4 Å². The van der Waals surface area contributed by atoms with Crippen LogP contribution in [0.3, 0.4) is 0 Å². The van der Waals surface area contributed by atoms with Gasteiger partial charge in [-0.05, 0) is 44.9 Å². The highest BCUT2D eigenvalue weighted by Gasteiger charge is 2.17. The second-order valence-corrected chi connectivity index (χ2v) is 6.05. The Morgan fingerprint density at radius 1 is 1.44 bits per heavy atom. The third-order valence-corrected chi connectivity index (χ3v) is 4.78. The van der Waals surface area contributed by atoms with Crippen LogP contribution < -0.4 is 5.32 Å². The molecule has 0 spiro atoms. The number of H-pyrrole nitrogens is 1. The predicted molar refractivity (Wildman–Crippen MR) is 76.0 cm³/mol. The molecule has 4 heteroatoms. The van der Waals surface area contributed by atoms with Crippen LogP contribution in [0.15, 0.2) is 18.3 Å². The summed E-state index contributed by atoms with van der Waals surface area (Å²) >= 11 is 1.83. The molecule has 0 amide bonds. The fraction of sp³-hybridized carbons (Fsp3) is 0.500. The predicted octanol–water partition coefficient (Wildman–Crippen LogP) is 3.13. The van der Waals surface area contributed by atoms with Gasteiger partial charge in [-0.15, -0.1) is 11.3 Å². The Kier molecular flexibility index (Phi) is 3.48. The Bertz CT molecular complexity index is 495. The summed E-state index contributed by atoms with van der Waals surface area (Å²) < 4.78 is 0. The van der Waals surface area contributed by atoms with Crippen LogP contribution in [0.25, 0.3) is 10.7 Å². The molecule has 0 aromatic carbocycles. The monoisotopic (exact) mass is 261 g/mol. The van der Waals surface area contributed by atoms with E-state index in [2.05, 4.69) is 28.3 Å². The van der Waals surface area contributed by atoms with Crippen molar-refractivity contribution < 1.29 is 0 Å². The van der Waals surface area contributed by atoms with Gasteiger partial charge in [0.15, 0.2) is 0 Å². The van der Waals surface area contributed by atoms with E-state index < -0.39 is 0 Å². The van der Waals surface area contributed by atoms with Gasteiger partial charge in [0, 0.05) is 17.1 Å². The minimum absolute atomic E-state index is 0.648. The first-order valence-corrected chi connectivity index (χ1v) is 7.48. The van der Waals surface area contributed by atoms with E-state index in [4.69, 9.17) is 0 Å². The molecular weight excluding hydrogens is 242 g/mol. The van der Waals surface area contributed by atoms with E-state index in [1.54, 1.807) is 0 Å². The van der Waals surface area contributed by atoms with E-state index in [-0.39, 0.29) is 0 Å². The number of hydrogen-bond donors (Lipinski definition) is 2. The van der Waals surface area contributed by atoms with Crippen LogP contribution in [0.2, 0.25) is 0 Å². The van der Waals surface area contributed by atoms with Crippen molar-refractivity contribution in [1.82, 2.24) is 15.3 Å². The molecule has 1 unspecified atom stereocenters. The summed E-state index contributed by atoms with van der Waals surface area (Å²) in [6, 6.07) is 4.75.